The highest BCUT2D eigenvalue weighted by Gasteiger charge is 2.24. The van der Waals surface area contributed by atoms with Crippen LogP contribution >= 0.6 is 0 Å². The molecule has 3 rings (SSSR count). The van der Waals surface area contributed by atoms with Gasteiger partial charge in [-0.15, -0.1) is 0 Å². The summed E-state index contributed by atoms with van der Waals surface area (Å²) >= 11 is 0. The SMILES string of the molecule is CN1CCN(C(=O)c2cc(C(=O)N3CCCC3)ccn2)CC1. The fourth-order valence-electron chi connectivity index (χ4n) is 2.95. The van der Waals surface area contributed by atoms with Crippen LogP contribution in [0.2, 0.25) is 0 Å². The standard InChI is InChI=1S/C16H22N4O2/c1-18-8-10-20(11-9-18)16(22)14-12-13(4-5-17-14)15(21)19-6-2-3-7-19/h4-5,12H,2-3,6-11H2,1H3. The van der Waals surface area contributed by atoms with Gasteiger partial charge < -0.3 is 14.7 Å². The Morgan fingerprint density at radius 2 is 1.59 bits per heavy atom. The first-order valence-electron chi connectivity index (χ1n) is 7.88. The highest BCUT2D eigenvalue weighted by molar-refractivity contribution is 5.98. The van der Waals surface area contributed by atoms with Crippen LogP contribution in [0.4, 0.5) is 0 Å². The number of rotatable bonds is 2. The van der Waals surface area contributed by atoms with Crippen molar-refractivity contribution in [2.75, 3.05) is 46.3 Å². The Kier molecular flexibility index (Phi) is 4.38. The molecule has 22 heavy (non-hydrogen) atoms. The predicted octanol–water partition coefficient (Wildman–Crippen LogP) is 0.705. The third-order valence-corrected chi connectivity index (χ3v) is 4.41. The maximum absolute atomic E-state index is 12.5. The molecule has 0 aromatic carbocycles. The van der Waals surface area contributed by atoms with Gasteiger partial charge in [-0.25, -0.2) is 0 Å². The summed E-state index contributed by atoms with van der Waals surface area (Å²) in [6, 6.07) is 3.34. The number of piperazine rings is 1. The number of aromatic nitrogens is 1. The van der Waals surface area contributed by atoms with E-state index in [2.05, 4.69) is 16.9 Å². The molecule has 0 spiro atoms. The van der Waals surface area contributed by atoms with Crippen molar-refractivity contribution in [2.24, 2.45) is 0 Å². The van der Waals surface area contributed by atoms with Crippen molar-refractivity contribution in [1.29, 1.82) is 0 Å². The first kappa shape index (κ1) is 15.0. The number of carbonyl (C=O) groups is 2. The largest absolute Gasteiger partial charge is 0.339 e. The molecule has 0 bridgehead atoms. The van der Waals surface area contributed by atoms with Crippen LogP contribution in [-0.4, -0.2) is 77.8 Å². The number of hydrogen-bond acceptors (Lipinski definition) is 4. The molecule has 2 aliphatic rings. The average molecular weight is 302 g/mol. The maximum atomic E-state index is 12.5. The summed E-state index contributed by atoms with van der Waals surface area (Å²) in [5, 5.41) is 0. The fourth-order valence-corrected chi connectivity index (χ4v) is 2.95. The van der Waals surface area contributed by atoms with Crippen LogP contribution in [0.25, 0.3) is 0 Å². The molecule has 6 heteroatoms. The second kappa shape index (κ2) is 6.44. The molecule has 2 saturated heterocycles. The van der Waals surface area contributed by atoms with Crippen LogP contribution in [-0.2, 0) is 0 Å². The van der Waals surface area contributed by atoms with Crippen LogP contribution in [0.5, 0.6) is 0 Å². The monoisotopic (exact) mass is 302 g/mol. The molecule has 2 amide bonds. The summed E-state index contributed by atoms with van der Waals surface area (Å²) < 4.78 is 0. The van der Waals surface area contributed by atoms with Crippen molar-refractivity contribution >= 4 is 11.8 Å². The second-order valence-corrected chi connectivity index (χ2v) is 6.02. The van der Waals surface area contributed by atoms with Crippen LogP contribution in [0, 0.1) is 0 Å². The lowest BCUT2D eigenvalue weighted by molar-refractivity contribution is 0.0658. The van der Waals surface area contributed by atoms with Gasteiger partial charge in [-0.1, -0.05) is 0 Å². The second-order valence-electron chi connectivity index (χ2n) is 6.02. The molecule has 0 unspecified atom stereocenters. The first-order valence-corrected chi connectivity index (χ1v) is 7.88. The zero-order valence-corrected chi connectivity index (χ0v) is 13.0. The molecule has 1 aromatic rings. The fraction of sp³-hybridized carbons (Fsp3) is 0.562. The highest BCUT2D eigenvalue weighted by Crippen LogP contribution is 2.14. The lowest BCUT2D eigenvalue weighted by Crippen LogP contribution is -2.47. The van der Waals surface area contributed by atoms with Crippen LogP contribution in [0.1, 0.15) is 33.7 Å². The molecule has 3 heterocycles. The number of likely N-dealkylation sites (tertiary alicyclic amines) is 1. The Hall–Kier alpha value is -1.95. The Morgan fingerprint density at radius 1 is 0.955 bits per heavy atom. The number of amides is 2. The van der Waals surface area contributed by atoms with E-state index >= 15 is 0 Å². The predicted molar refractivity (Wildman–Crippen MR) is 82.8 cm³/mol. The number of likely N-dealkylation sites (N-methyl/N-ethyl adjacent to an activating group) is 1. The van der Waals surface area contributed by atoms with E-state index in [1.54, 1.807) is 18.3 Å². The van der Waals surface area contributed by atoms with E-state index in [4.69, 9.17) is 0 Å². The minimum Gasteiger partial charge on any atom is -0.339 e. The molecule has 0 radical (unpaired) electrons. The number of pyridine rings is 1. The minimum absolute atomic E-state index is 0.00678. The smallest absolute Gasteiger partial charge is 0.272 e. The van der Waals surface area contributed by atoms with E-state index in [9.17, 15) is 9.59 Å². The Balaban J connectivity index is 1.73. The Bertz CT molecular complexity index is 561. The summed E-state index contributed by atoms with van der Waals surface area (Å²) in [6.07, 6.45) is 3.68. The first-order chi connectivity index (χ1) is 10.6. The summed E-state index contributed by atoms with van der Waals surface area (Å²) in [5.41, 5.74) is 0.934. The molecule has 118 valence electrons. The van der Waals surface area contributed by atoms with Gasteiger partial charge in [-0.05, 0) is 32.0 Å². The lowest BCUT2D eigenvalue weighted by Gasteiger charge is -2.32. The van der Waals surface area contributed by atoms with E-state index < -0.39 is 0 Å². The van der Waals surface area contributed by atoms with Gasteiger partial charge in [0, 0.05) is 51.0 Å². The van der Waals surface area contributed by atoms with Gasteiger partial charge in [-0.2, -0.15) is 0 Å². The van der Waals surface area contributed by atoms with Gasteiger partial charge in [0.2, 0.25) is 0 Å². The molecule has 1 aromatic heterocycles. The van der Waals surface area contributed by atoms with E-state index in [1.807, 2.05) is 9.80 Å². The number of carbonyl (C=O) groups excluding carboxylic acids is 2. The van der Waals surface area contributed by atoms with Crippen LogP contribution in [0.15, 0.2) is 18.3 Å². The average Bonchev–Trinajstić information content (AvgIpc) is 3.09. The van der Waals surface area contributed by atoms with Gasteiger partial charge >= 0.3 is 0 Å². The summed E-state index contributed by atoms with van der Waals surface area (Å²) in [5.74, 6) is -0.0727. The minimum atomic E-state index is -0.0795. The molecule has 6 nitrogen and oxygen atoms in total. The number of nitrogens with zero attached hydrogens (tertiary/aromatic N) is 4. The Morgan fingerprint density at radius 3 is 2.27 bits per heavy atom. The van der Waals surface area contributed by atoms with Crippen molar-refractivity contribution in [3.63, 3.8) is 0 Å². The zero-order valence-electron chi connectivity index (χ0n) is 13.0. The lowest BCUT2D eigenvalue weighted by atomic mass is 10.2. The molecule has 2 aliphatic heterocycles. The van der Waals surface area contributed by atoms with Gasteiger partial charge in [0.05, 0.1) is 0 Å². The van der Waals surface area contributed by atoms with E-state index in [0.29, 0.717) is 24.3 Å². The molecular formula is C16H22N4O2. The van der Waals surface area contributed by atoms with Gasteiger partial charge in [0.1, 0.15) is 5.69 Å². The van der Waals surface area contributed by atoms with Crippen LogP contribution in [0.3, 0.4) is 0 Å². The zero-order chi connectivity index (χ0) is 15.5. The van der Waals surface area contributed by atoms with Crippen molar-refractivity contribution < 1.29 is 9.59 Å². The van der Waals surface area contributed by atoms with Crippen molar-refractivity contribution in [3.8, 4) is 0 Å². The van der Waals surface area contributed by atoms with Crippen molar-refractivity contribution in [3.05, 3.63) is 29.6 Å². The van der Waals surface area contributed by atoms with Gasteiger partial charge in [0.25, 0.3) is 11.8 Å². The number of hydrogen-bond donors (Lipinski definition) is 0. The topological polar surface area (TPSA) is 56.8 Å². The Labute approximate surface area is 130 Å². The van der Waals surface area contributed by atoms with Crippen molar-refractivity contribution in [2.45, 2.75) is 12.8 Å². The third-order valence-electron chi connectivity index (χ3n) is 4.41. The maximum Gasteiger partial charge on any atom is 0.272 e. The quantitative estimate of drug-likeness (QED) is 0.807. The molecular weight excluding hydrogens is 280 g/mol. The summed E-state index contributed by atoms with van der Waals surface area (Å²) in [4.78, 5) is 35.0. The highest BCUT2D eigenvalue weighted by atomic mass is 16.2. The van der Waals surface area contributed by atoms with E-state index in [1.165, 1.54) is 0 Å². The summed E-state index contributed by atoms with van der Waals surface area (Å²) in [7, 11) is 2.05. The van der Waals surface area contributed by atoms with Crippen molar-refractivity contribution in [1.82, 2.24) is 19.7 Å². The van der Waals surface area contributed by atoms with Gasteiger partial charge in [0.15, 0.2) is 0 Å². The molecule has 0 saturated carbocycles. The molecule has 0 N–H and O–H groups in total. The summed E-state index contributed by atoms with van der Waals surface area (Å²) in [6.45, 7) is 4.78. The van der Waals surface area contributed by atoms with E-state index in [0.717, 1.165) is 39.0 Å². The normalized spacial score (nSPS) is 19.5. The molecule has 2 fully saturated rings. The van der Waals surface area contributed by atoms with Gasteiger partial charge in [-0.3, -0.25) is 14.6 Å². The third kappa shape index (κ3) is 3.11. The van der Waals surface area contributed by atoms with Crippen LogP contribution < -0.4 is 0 Å². The van der Waals surface area contributed by atoms with E-state index in [-0.39, 0.29) is 11.8 Å². The molecule has 0 atom stereocenters. The molecule has 0 aliphatic carbocycles.